The zero-order chi connectivity index (χ0) is 12.3. The third-order valence-electron chi connectivity index (χ3n) is 2.25. The predicted octanol–water partition coefficient (Wildman–Crippen LogP) is 2.00. The largest absolute Gasteiger partial charge is 0.368 e. The molecule has 17 heavy (non-hydrogen) atoms. The van der Waals surface area contributed by atoms with Gasteiger partial charge in [0, 0.05) is 11.3 Å². The number of carbonyl (C=O) groups is 1. The average molecular weight is 228 g/mol. The highest BCUT2D eigenvalue weighted by atomic mass is 16.1. The molecule has 0 bridgehead atoms. The number of nitrogen functional groups attached to an aromatic ring is 1. The Morgan fingerprint density at radius 1 is 1.12 bits per heavy atom. The van der Waals surface area contributed by atoms with Gasteiger partial charge in [-0.1, -0.05) is 0 Å². The molecule has 5 heteroatoms. The Balaban J connectivity index is 2.13. The van der Waals surface area contributed by atoms with Crippen molar-refractivity contribution in [3.05, 3.63) is 42.2 Å². The number of aromatic nitrogens is 2. The van der Waals surface area contributed by atoms with E-state index in [4.69, 9.17) is 5.73 Å². The van der Waals surface area contributed by atoms with Crippen LogP contribution in [0.25, 0.3) is 0 Å². The lowest BCUT2D eigenvalue weighted by atomic mass is 10.1. The molecule has 2 aromatic rings. The number of carbonyl (C=O) groups excluding carboxylic acids is 1. The van der Waals surface area contributed by atoms with Crippen LogP contribution in [0.3, 0.4) is 0 Å². The second-order valence-electron chi connectivity index (χ2n) is 3.59. The molecule has 0 atom stereocenters. The van der Waals surface area contributed by atoms with Crippen LogP contribution in [0.4, 0.5) is 17.3 Å². The third kappa shape index (κ3) is 2.78. The van der Waals surface area contributed by atoms with Gasteiger partial charge >= 0.3 is 0 Å². The molecular formula is C12H12N4O. The molecule has 0 amide bonds. The number of Topliss-reactive ketones (excluding diaryl/α,β-unsaturated/α-hetero) is 1. The molecule has 0 spiro atoms. The minimum Gasteiger partial charge on any atom is -0.368 e. The van der Waals surface area contributed by atoms with E-state index in [0.717, 1.165) is 11.4 Å². The molecule has 0 unspecified atom stereocenters. The molecule has 86 valence electrons. The maximum atomic E-state index is 11.1. The summed E-state index contributed by atoms with van der Waals surface area (Å²) in [5.41, 5.74) is 7.68. The lowest BCUT2D eigenvalue weighted by Crippen LogP contribution is -1.97. The van der Waals surface area contributed by atoms with E-state index < -0.39 is 0 Å². The number of ketones is 1. The van der Waals surface area contributed by atoms with E-state index in [2.05, 4.69) is 15.3 Å². The van der Waals surface area contributed by atoms with Crippen molar-refractivity contribution in [2.75, 3.05) is 11.1 Å². The molecule has 0 aliphatic carbocycles. The highest BCUT2D eigenvalue weighted by Gasteiger charge is 1.99. The Bertz CT molecular complexity index is 519. The van der Waals surface area contributed by atoms with Crippen molar-refractivity contribution < 1.29 is 4.79 Å². The normalized spacial score (nSPS) is 9.94. The Morgan fingerprint density at radius 2 is 1.71 bits per heavy atom. The van der Waals surface area contributed by atoms with Crippen LogP contribution >= 0.6 is 0 Å². The van der Waals surface area contributed by atoms with Crippen LogP contribution in [0.5, 0.6) is 0 Å². The molecular weight excluding hydrogens is 216 g/mol. The quantitative estimate of drug-likeness (QED) is 0.785. The second-order valence-corrected chi connectivity index (χ2v) is 3.59. The fraction of sp³-hybridized carbons (Fsp3) is 0.0833. The number of hydrogen-bond acceptors (Lipinski definition) is 5. The Morgan fingerprint density at radius 3 is 2.24 bits per heavy atom. The zero-order valence-electron chi connectivity index (χ0n) is 9.34. The van der Waals surface area contributed by atoms with Crippen molar-refractivity contribution in [3.8, 4) is 0 Å². The van der Waals surface area contributed by atoms with Crippen molar-refractivity contribution in [1.29, 1.82) is 0 Å². The van der Waals surface area contributed by atoms with Gasteiger partial charge in [0.05, 0.1) is 18.1 Å². The number of hydrogen-bond donors (Lipinski definition) is 2. The zero-order valence-corrected chi connectivity index (χ0v) is 9.34. The number of nitrogens with two attached hydrogens (primary N) is 1. The number of nitrogens with zero attached hydrogens (tertiary/aromatic N) is 2. The van der Waals surface area contributed by atoms with E-state index in [1.165, 1.54) is 6.92 Å². The number of rotatable bonds is 3. The average Bonchev–Trinajstić information content (AvgIpc) is 2.33. The predicted molar refractivity (Wildman–Crippen MR) is 66.2 cm³/mol. The summed E-state index contributed by atoms with van der Waals surface area (Å²) in [4.78, 5) is 18.8. The lowest BCUT2D eigenvalue weighted by molar-refractivity contribution is 0.101. The van der Waals surface area contributed by atoms with Gasteiger partial charge < -0.3 is 11.1 Å². The van der Waals surface area contributed by atoms with Crippen LogP contribution in [0.15, 0.2) is 36.7 Å². The molecule has 1 aromatic carbocycles. The summed E-state index contributed by atoms with van der Waals surface area (Å²) >= 11 is 0. The van der Waals surface area contributed by atoms with Crippen LogP contribution in [-0.4, -0.2) is 15.8 Å². The van der Waals surface area contributed by atoms with E-state index in [-0.39, 0.29) is 11.7 Å². The summed E-state index contributed by atoms with van der Waals surface area (Å²) in [7, 11) is 0. The summed E-state index contributed by atoms with van der Waals surface area (Å²) in [6, 6.07) is 7.19. The molecule has 0 saturated heterocycles. The molecule has 5 nitrogen and oxygen atoms in total. The first-order chi connectivity index (χ1) is 8.15. The monoisotopic (exact) mass is 228 g/mol. The van der Waals surface area contributed by atoms with Crippen LogP contribution in [0.2, 0.25) is 0 Å². The highest BCUT2D eigenvalue weighted by Crippen LogP contribution is 2.15. The molecule has 0 aliphatic rings. The standard InChI is InChI=1S/C12H12N4O/c1-8(17)9-2-4-10(5-3-9)16-11-6-14-12(13)15-7-11/h2-7,16H,1H3,(H2,13,14,15). The first-order valence-electron chi connectivity index (χ1n) is 5.11. The van der Waals surface area contributed by atoms with Crippen LogP contribution < -0.4 is 11.1 Å². The van der Waals surface area contributed by atoms with Crippen molar-refractivity contribution in [3.63, 3.8) is 0 Å². The fourth-order valence-corrected chi connectivity index (χ4v) is 1.36. The van der Waals surface area contributed by atoms with Crippen LogP contribution in [0, 0.1) is 0 Å². The summed E-state index contributed by atoms with van der Waals surface area (Å²) in [6.07, 6.45) is 3.20. The van der Waals surface area contributed by atoms with Crippen LogP contribution in [0.1, 0.15) is 17.3 Å². The Hall–Kier alpha value is -2.43. The van der Waals surface area contributed by atoms with Crippen molar-refractivity contribution >= 4 is 23.1 Å². The maximum absolute atomic E-state index is 11.1. The van der Waals surface area contributed by atoms with E-state index in [9.17, 15) is 4.79 Å². The molecule has 3 N–H and O–H groups in total. The van der Waals surface area contributed by atoms with E-state index in [1.54, 1.807) is 24.5 Å². The second kappa shape index (κ2) is 4.61. The molecule has 2 rings (SSSR count). The van der Waals surface area contributed by atoms with Crippen molar-refractivity contribution in [2.45, 2.75) is 6.92 Å². The molecule has 0 radical (unpaired) electrons. The molecule has 1 aromatic heterocycles. The summed E-state index contributed by atoms with van der Waals surface area (Å²) in [5, 5.41) is 3.11. The molecule has 0 saturated carbocycles. The number of benzene rings is 1. The maximum Gasteiger partial charge on any atom is 0.220 e. The van der Waals surface area contributed by atoms with Gasteiger partial charge in [0.2, 0.25) is 5.95 Å². The Labute approximate surface area is 98.7 Å². The van der Waals surface area contributed by atoms with Gasteiger partial charge in [0.1, 0.15) is 0 Å². The summed E-state index contributed by atoms with van der Waals surface area (Å²) in [5.74, 6) is 0.287. The molecule has 0 fully saturated rings. The van der Waals surface area contributed by atoms with Gasteiger partial charge in [0.15, 0.2) is 5.78 Å². The van der Waals surface area contributed by atoms with E-state index >= 15 is 0 Å². The minimum absolute atomic E-state index is 0.0485. The van der Waals surface area contributed by atoms with E-state index in [0.29, 0.717) is 5.56 Å². The lowest BCUT2D eigenvalue weighted by Gasteiger charge is -2.05. The van der Waals surface area contributed by atoms with Crippen molar-refractivity contribution in [2.24, 2.45) is 0 Å². The van der Waals surface area contributed by atoms with Gasteiger partial charge in [-0.25, -0.2) is 9.97 Å². The van der Waals surface area contributed by atoms with Gasteiger partial charge in [-0.2, -0.15) is 0 Å². The third-order valence-corrected chi connectivity index (χ3v) is 2.25. The topological polar surface area (TPSA) is 80.9 Å². The van der Waals surface area contributed by atoms with Crippen LogP contribution in [-0.2, 0) is 0 Å². The SMILES string of the molecule is CC(=O)c1ccc(Nc2cnc(N)nc2)cc1. The van der Waals surface area contributed by atoms with Gasteiger partial charge in [-0.05, 0) is 31.2 Å². The van der Waals surface area contributed by atoms with Gasteiger partial charge in [-0.3, -0.25) is 4.79 Å². The number of anilines is 3. The molecule has 1 heterocycles. The fourth-order valence-electron chi connectivity index (χ4n) is 1.36. The Kier molecular flexibility index (Phi) is 3.00. The first kappa shape index (κ1) is 11.1. The summed E-state index contributed by atoms with van der Waals surface area (Å²) < 4.78 is 0. The van der Waals surface area contributed by atoms with Gasteiger partial charge in [-0.15, -0.1) is 0 Å². The highest BCUT2D eigenvalue weighted by molar-refractivity contribution is 5.94. The number of nitrogens with one attached hydrogen (secondary N) is 1. The van der Waals surface area contributed by atoms with E-state index in [1.807, 2.05) is 12.1 Å². The smallest absolute Gasteiger partial charge is 0.220 e. The summed E-state index contributed by atoms with van der Waals surface area (Å²) in [6.45, 7) is 1.54. The molecule has 0 aliphatic heterocycles. The minimum atomic E-state index is 0.0485. The van der Waals surface area contributed by atoms with Gasteiger partial charge in [0.25, 0.3) is 0 Å². The first-order valence-corrected chi connectivity index (χ1v) is 5.11. The van der Waals surface area contributed by atoms with Crippen molar-refractivity contribution in [1.82, 2.24) is 9.97 Å².